The third kappa shape index (κ3) is 2.47. The van der Waals surface area contributed by atoms with Crippen LogP contribution in [0.1, 0.15) is 34.1 Å². The lowest BCUT2D eigenvalue weighted by molar-refractivity contribution is 1.00. The molecule has 0 N–H and O–H groups in total. The van der Waals surface area contributed by atoms with Gasteiger partial charge in [-0.3, -0.25) is 0 Å². The van der Waals surface area contributed by atoms with Gasteiger partial charge in [0.05, 0.1) is 18.5 Å². The Kier molecular flexibility index (Phi) is 5.43. The third-order valence-electron chi connectivity index (χ3n) is 3.01. The van der Waals surface area contributed by atoms with Crippen LogP contribution in [0.2, 0.25) is 0 Å². The van der Waals surface area contributed by atoms with Crippen molar-refractivity contribution in [2.24, 2.45) is 0 Å². The summed E-state index contributed by atoms with van der Waals surface area (Å²) in [7, 11) is 5.38. The molecule has 0 saturated carbocycles. The van der Waals surface area contributed by atoms with Crippen LogP contribution >= 0.6 is 7.26 Å². The van der Waals surface area contributed by atoms with Crippen LogP contribution < -0.4 is 0 Å². The van der Waals surface area contributed by atoms with E-state index in [1.807, 2.05) is 0 Å². The fourth-order valence-electron chi connectivity index (χ4n) is 1.76. The molecule has 0 aromatic rings. The van der Waals surface area contributed by atoms with E-state index in [4.69, 9.17) is 7.85 Å². The molecular formula is C9H21BP+. The molecular weight excluding hydrogens is 150 g/mol. The minimum absolute atomic E-state index is 0.502. The first-order chi connectivity index (χ1) is 5.16. The van der Waals surface area contributed by atoms with Gasteiger partial charge in [0.15, 0.2) is 0 Å². The zero-order chi connectivity index (χ0) is 8.91. The smallest absolute Gasteiger partial charge is 0.0625 e. The summed E-state index contributed by atoms with van der Waals surface area (Å²) in [6, 6.07) is 0. The Labute approximate surface area is 73.9 Å². The first kappa shape index (κ1) is 11.5. The summed E-state index contributed by atoms with van der Waals surface area (Å²) in [6.45, 7) is 9.11. The second-order valence-corrected chi connectivity index (χ2v) is 8.14. The summed E-state index contributed by atoms with van der Waals surface area (Å²) in [5, 5.41) is 0. The monoisotopic (exact) mass is 171 g/mol. The lowest BCUT2D eigenvalue weighted by Crippen LogP contribution is -2.18. The van der Waals surface area contributed by atoms with Crippen LogP contribution in [0.5, 0.6) is 0 Å². The van der Waals surface area contributed by atoms with Crippen molar-refractivity contribution >= 4 is 15.1 Å². The maximum Gasteiger partial charge on any atom is 0.126 e. The SMILES string of the molecule is [B]C(CC)[P+](CC)(CC)CC. The van der Waals surface area contributed by atoms with E-state index in [9.17, 15) is 0 Å². The van der Waals surface area contributed by atoms with Gasteiger partial charge >= 0.3 is 0 Å². The van der Waals surface area contributed by atoms with E-state index in [0.717, 1.165) is 6.42 Å². The molecule has 0 fully saturated rings. The Morgan fingerprint density at radius 2 is 1.36 bits per heavy atom. The molecule has 11 heavy (non-hydrogen) atoms. The van der Waals surface area contributed by atoms with E-state index in [2.05, 4.69) is 27.7 Å². The first-order valence-corrected chi connectivity index (χ1v) is 7.19. The Morgan fingerprint density at radius 3 is 1.45 bits per heavy atom. The van der Waals surface area contributed by atoms with Gasteiger partial charge in [0.25, 0.3) is 0 Å². The highest BCUT2D eigenvalue weighted by Gasteiger charge is 2.35. The van der Waals surface area contributed by atoms with Gasteiger partial charge in [-0.15, -0.1) is 0 Å². The molecule has 1 atom stereocenters. The standard InChI is InChI=1S/C9H21BP/c1-5-9(10)11(6-2,7-3)8-4/h9H,5-8H2,1-4H3/q+1. The Morgan fingerprint density at radius 1 is 1.00 bits per heavy atom. The van der Waals surface area contributed by atoms with E-state index in [-0.39, 0.29) is 0 Å². The third-order valence-corrected chi connectivity index (χ3v) is 8.56. The molecule has 0 aromatic carbocycles. The van der Waals surface area contributed by atoms with Gasteiger partial charge in [-0.05, 0) is 27.2 Å². The molecule has 0 nitrogen and oxygen atoms in total. The summed E-state index contributed by atoms with van der Waals surface area (Å²) >= 11 is 0. The molecule has 2 heteroatoms. The highest BCUT2D eigenvalue weighted by atomic mass is 31.2. The first-order valence-electron chi connectivity index (χ1n) is 4.78. The summed E-state index contributed by atoms with van der Waals surface area (Å²) in [5.74, 6) is 0. The quantitative estimate of drug-likeness (QED) is 0.440. The van der Waals surface area contributed by atoms with Crippen LogP contribution in [0.3, 0.4) is 0 Å². The summed E-state index contributed by atoms with van der Waals surface area (Å²) in [6.07, 6.45) is 5.14. The van der Waals surface area contributed by atoms with Crippen molar-refractivity contribution < 1.29 is 0 Å². The molecule has 0 rings (SSSR count). The average molecular weight is 171 g/mol. The van der Waals surface area contributed by atoms with Crippen LogP contribution in [0, 0.1) is 0 Å². The Bertz CT molecular complexity index is 91.5. The predicted molar refractivity (Wildman–Crippen MR) is 58.4 cm³/mol. The molecule has 0 aromatic heterocycles. The number of hydrogen-bond acceptors (Lipinski definition) is 0. The lowest BCUT2D eigenvalue weighted by Gasteiger charge is -2.30. The van der Waals surface area contributed by atoms with E-state index in [0.29, 0.717) is 5.56 Å². The highest BCUT2D eigenvalue weighted by molar-refractivity contribution is 7.77. The van der Waals surface area contributed by atoms with Gasteiger partial charge < -0.3 is 0 Å². The van der Waals surface area contributed by atoms with Gasteiger partial charge in [-0.1, -0.05) is 6.92 Å². The second kappa shape index (κ2) is 5.20. The number of rotatable bonds is 5. The zero-order valence-electron chi connectivity index (χ0n) is 8.43. The molecule has 0 heterocycles. The van der Waals surface area contributed by atoms with Gasteiger partial charge in [0.1, 0.15) is 7.85 Å². The van der Waals surface area contributed by atoms with Crippen LogP contribution in [0.15, 0.2) is 0 Å². The van der Waals surface area contributed by atoms with Crippen LogP contribution in [-0.2, 0) is 0 Å². The topological polar surface area (TPSA) is 0 Å². The minimum atomic E-state index is -0.752. The second-order valence-electron chi connectivity index (χ2n) is 3.14. The molecule has 0 amide bonds. The van der Waals surface area contributed by atoms with Crippen molar-refractivity contribution in [3.63, 3.8) is 0 Å². The number of hydrogen-bond donors (Lipinski definition) is 0. The molecule has 0 spiro atoms. The molecule has 0 bridgehead atoms. The summed E-state index contributed by atoms with van der Waals surface area (Å²) in [4.78, 5) is 0. The van der Waals surface area contributed by atoms with Crippen molar-refractivity contribution in [1.29, 1.82) is 0 Å². The molecule has 0 aliphatic rings. The molecule has 1 unspecified atom stereocenters. The minimum Gasteiger partial charge on any atom is -0.0625 e. The van der Waals surface area contributed by atoms with E-state index >= 15 is 0 Å². The Hall–Kier alpha value is 0.495. The fraction of sp³-hybridized carbons (Fsp3) is 1.00. The molecule has 0 aliphatic heterocycles. The molecule has 64 valence electrons. The average Bonchev–Trinajstić information content (AvgIpc) is 2.08. The maximum absolute atomic E-state index is 6.13. The summed E-state index contributed by atoms with van der Waals surface area (Å²) < 4.78 is 0. The normalized spacial score (nSPS) is 14.9. The molecule has 0 aliphatic carbocycles. The largest absolute Gasteiger partial charge is 0.126 e. The van der Waals surface area contributed by atoms with Crippen molar-refractivity contribution in [2.45, 2.75) is 39.7 Å². The molecule has 0 saturated heterocycles. The summed E-state index contributed by atoms with van der Waals surface area (Å²) in [5.41, 5.74) is 0.502. The highest BCUT2D eigenvalue weighted by Crippen LogP contribution is 2.61. The molecule has 2 radical (unpaired) electrons. The van der Waals surface area contributed by atoms with Crippen molar-refractivity contribution in [1.82, 2.24) is 0 Å². The van der Waals surface area contributed by atoms with Crippen LogP contribution in [-0.4, -0.2) is 31.9 Å². The zero-order valence-corrected chi connectivity index (χ0v) is 9.32. The van der Waals surface area contributed by atoms with Gasteiger partial charge in [0.2, 0.25) is 0 Å². The predicted octanol–water partition coefficient (Wildman–Crippen LogP) is 2.97. The van der Waals surface area contributed by atoms with Crippen LogP contribution in [0.4, 0.5) is 0 Å². The van der Waals surface area contributed by atoms with E-state index < -0.39 is 7.26 Å². The Balaban J connectivity index is 4.26. The van der Waals surface area contributed by atoms with Gasteiger partial charge in [-0.2, -0.15) is 0 Å². The van der Waals surface area contributed by atoms with E-state index in [1.165, 1.54) is 18.5 Å². The van der Waals surface area contributed by atoms with Crippen molar-refractivity contribution in [3.8, 4) is 0 Å². The van der Waals surface area contributed by atoms with Crippen molar-refractivity contribution in [2.75, 3.05) is 18.5 Å². The van der Waals surface area contributed by atoms with Gasteiger partial charge in [0, 0.05) is 12.8 Å². The maximum atomic E-state index is 6.13. The van der Waals surface area contributed by atoms with Gasteiger partial charge in [-0.25, -0.2) is 0 Å². The lowest BCUT2D eigenvalue weighted by atomic mass is 10.0. The van der Waals surface area contributed by atoms with Crippen molar-refractivity contribution in [3.05, 3.63) is 0 Å². The fourth-order valence-corrected chi connectivity index (χ4v) is 5.28. The van der Waals surface area contributed by atoms with Crippen LogP contribution in [0.25, 0.3) is 0 Å². The van der Waals surface area contributed by atoms with E-state index in [1.54, 1.807) is 0 Å².